The average Bonchev–Trinajstić information content (AvgIpc) is 2.41. The molecule has 1 aromatic heterocycles. The first-order valence-corrected chi connectivity index (χ1v) is 5.71. The van der Waals surface area contributed by atoms with Crippen LogP contribution in [0.2, 0.25) is 5.02 Å². The molecule has 2 rings (SSSR count). The van der Waals surface area contributed by atoms with E-state index in [1.54, 1.807) is 0 Å². The number of carbonyl (C=O) groups is 1. The minimum absolute atomic E-state index is 0.00441. The normalized spacial score (nSPS) is 11.2. The molecule has 0 spiro atoms. The van der Waals surface area contributed by atoms with E-state index in [0.29, 0.717) is 0 Å². The number of nitrogens with zero attached hydrogens (tertiary/aromatic N) is 2. The zero-order chi connectivity index (χ0) is 14.8. The minimum atomic E-state index is -4.52. The van der Waals surface area contributed by atoms with Crippen LogP contribution in [0.3, 0.4) is 0 Å². The summed E-state index contributed by atoms with van der Waals surface area (Å²) in [6.45, 7) is 0. The number of aromatic nitrogens is 2. The molecule has 104 valence electrons. The first-order valence-electron chi connectivity index (χ1n) is 5.34. The Hall–Kier alpha value is -2.15. The summed E-state index contributed by atoms with van der Waals surface area (Å²) in [4.78, 5) is 11.8. The quantitative estimate of drug-likeness (QED) is 0.925. The van der Waals surface area contributed by atoms with E-state index in [0.717, 1.165) is 18.2 Å². The average molecular weight is 302 g/mol. The lowest BCUT2D eigenvalue weighted by Gasteiger charge is -2.11. The van der Waals surface area contributed by atoms with Gasteiger partial charge in [0, 0.05) is 6.20 Å². The molecule has 8 heteroatoms. The summed E-state index contributed by atoms with van der Waals surface area (Å²) in [6.07, 6.45) is -3.15. The van der Waals surface area contributed by atoms with Crippen LogP contribution in [0.4, 0.5) is 18.9 Å². The van der Waals surface area contributed by atoms with E-state index in [1.807, 2.05) is 0 Å². The summed E-state index contributed by atoms with van der Waals surface area (Å²) >= 11 is 5.76. The van der Waals surface area contributed by atoms with Crippen molar-refractivity contribution in [1.82, 2.24) is 10.2 Å². The smallest absolute Gasteiger partial charge is 0.319 e. The van der Waals surface area contributed by atoms with E-state index in [2.05, 4.69) is 15.5 Å². The Morgan fingerprint density at radius 2 is 2.00 bits per heavy atom. The van der Waals surface area contributed by atoms with Gasteiger partial charge in [-0.2, -0.15) is 18.3 Å². The van der Waals surface area contributed by atoms with Crippen molar-refractivity contribution in [1.29, 1.82) is 0 Å². The van der Waals surface area contributed by atoms with Gasteiger partial charge in [0.25, 0.3) is 5.91 Å². The lowest BCUT2D eigenvalue weighted by Crippen LogP contribution is -2.15. The fourth-order valence-electron chi connectivity index (χ4n) is 1.41. The largest absolute Gasteiger partial charge is 0.416 e. The summed E-state index contributed by atoms with van der Waals surface area (Å²) in [7, 11) is 0. The highest BCUT2D eigenvalue weighted by atomic mass is 35.5. The SMILES string of the molecule is O=C(Nc1cc(C(F)(F)F)ccc1Cl)c1cccnn1. The van der Waals surface area contributed by atoms with E-state index in [1.165, 1.54) is 18.3 Å². The number of nitrogens with one attached hydrogen (secondary N) is 1. The molecule has 1 aromatic carbocycles. The van der Waals surface area contributed by atoms with Crippen LogP contribution in [0.5, 0.6) is 0 Å². The van der Waals surface area contributed by atoms with Crippen molar-refractivity contribution in [3.05, 3.63) is 52.8 Å². The monoisotopic (exact) mass is 301 g/mol. The van der Waals surface area contributed by atoms with E-state index >= 15 is 0 Å². The molecule has 1 amide bonds. The third-order valence-corrected chi connectivity index (χ3v) is 2.68. The summed E-state index contributed by atoms with van der Waals surface area (Å²) in [6, 6.07) is 5.52. The number of halogens is 4. The summed E-state index contributed by atoms with van der Waals surface area (Å²) in [5.74, 6) is -0.695. The molecule has 0 saturated carbocycles. The third kappa shape index (κ3) is 3.24. The van der Waals surface area contributed by atoms with Crippen molar-refractivity contribution in [3.8, 4) is 0 Å². The number of alkyl halides is 3. The summed E-state index contributed by atoms with van der Waals surface area (Å²) < 4.78 is 37.7. The lowest BCUT2D eigenvalue weighted by atomic mass is 10.2. The highest BCUT2D eigenvalue weighted by Crippen LogP contribution is 2.33. The predicted molar refractivity (Wildman–Crippen MR) is 66.4 cm³/mol. The number of anilines is 1. The van der Waals surface area contributed by atoms with Gasteiger partial charge in [0.15, 0.2) is 5.69 Å². The molecule has 1 N–H and O–H groups in total. The second-order valence-corrected chi connectivity index (χ2v) is 4.16. The molecule has 0 aliphatic heterocycles. The van der Waals surface area contributed by atoms with Gasteiger partial charge in [-0.05, 0) is 30.3 Å². The van der Waals surface area contributed by atoms with Crippen molar-refractivity contribution >= 4 is 23.2 Å². The van der Waals surface area contributed by atoms with Crippen molar-refractivity contribution in [2.75, 3.05) is 5.32 Å². The summed E-state index contributed by atoms with van der Waals surface area (Å²) in [5, 5.41) is 9.31. The zero-order valence-corrected chi connectivity index (χ0v) is 10.5. The minimum Gasteiger partial charge on any atom is -0.319 e. The van der Waals surface area contributed by atoms with Crippen molar-refractivity contribution in [3.63, 3.8) is 0 Å². The molecule has 0 saturated heterocycles. The molecule has 0 unspecified atom stereocenters. The van der Waals surface area contributed by atoms with Crippen LogP contribution in [0.25, 0.3) is 0 Å². The van der Waals surface area contributed by atoms with Gasteiger partial charge in [0.05, 0.1) is 16.3 Å². The standard InChI is InChI=1S/C12H7ClF3N3O/c13-8-4-3-7(12(14,15)16)6-10(8)18-11(20)9-2-1-5-17-19-9/h1-6H,(H,18,20). The molecule has 4 nitrogen and oxygen atoms in total. The van der Waals surface area contributed by atoms with Crippen LogP contribution in [0, 0.1) is 0 Å². The number of amides is 1. The molecular formula is C12H7ClF3N3O. The Labute approximate surface area is 116 Å². The molecule has 0 aliphatic carbocycles. The van der Waals surface area contributed by atoms with Crippen molar-refractivity contribution in [2.45, 2.75) is 6.18 Å². The number of rotatable bonds is 2. The van der Waals surface area contributed by atoms with Crippen LogP contribution in [0.1, 0.15) is 16.1 Å². The fraction of sp³-hybridized carbons (Fsp3) is 0.0833. The molecule has 2 aromatic rings. The molecule has 0 atom stereocenters. The van der Waals surface area contributed by atoms with E-state index in [-0.39, 0.29) is 16.4 Å². The van der Waals surface area contributed by atoms with E-state index in [4.69, 9.17) is 11.6 Å². The Morgan fingerprint density at radius 3 is 2.60 bits per heavy atom. The fourth-order valence-corrected chi connectivity index (χ4v) is 1.57. The topological polar surface area (TPSA) is 54.9 Å². The number of benzene rings is 1. The number of carbonyl (C=O) groups excluding carboxylic acids is 1. The first kappa shape index (κ1) is 14.3. The van der Waals surface area contributed by atoms with Crippen LogP contribution in [0.15, 0.2) is 36.5 Å². The number of hydrogen-bond acceptors (Lipinski definition) is 3. The molecule has 0 fully saturated rings. The third-order valence-electron chi connectivity index (χ3n) is 2.35. The Kier molecular flexibility index (Phi) is 3.89. The Bertz CT molecular complexity index is 632. The molecular weight excluding hydrogens is 295 g/mol. The van der Waals surface area contributed by atoms with Gasteiger partial charge < -0.3 is 5.32 Å². The Balaban J connectivity index is 2.27. The van der Waals surface area contributed by atoms with Crippen LogP contribution < -0.4 is 5.32 Å². The van der Waals surface area contributed by atoms with E-state index < -0.39 is 17.6 Å². The van der Waals surface area contributed by atoms with Crippen LogP contribution in [-0.2, 0) is 6.18 Å². The molecule has 0 radical (unpaired) electrons. The summed E-state index contributed by atoms with van der Waals surface area (Å²) in [5.41, 5.74) is -1.07. The second-order valence-electron chi connectivity index (χ2n) is 3.76. The Morgan fingerprint density at radius 1 is 1.25 bits per heavy atom. The van der Waals surface area contributed by atoms with Gasteiger partial charge in [-0.15, -0.1) is 5.10 Å². The van der Waals surface area contributed by atoms with Gasteiger partial charge in [-0.3, -0.25) is 4.79 Å². The van der Waals surface area contributed by atoms with Crippen molar-refractivity contribution < 1.29 is 18.0 Å². The maximum Gasteiger partial charge on any atom is 0.416 e. The lowest BCUT2D eigenvalue weighted by molar-refractivity contribution is -0.137. The van der Waals surface area contributed by atoms with E-state index in [9.17, 15) is 18.0 Å². The van der Waals surface area contributed by atoms with Gasteiger partial charge >= 0.3 is 6.18 Å². The van der Waals surface area contributed by atoms with Crippen LogP contribution >= 0.6 is 11.6 Å². The predicted octanol–water partition coefficient (Wildman–Crippen LogP) is 3.40. The van der Waals surface area contributed by atoms with Gasteiger partial charge in [-0.25, -0.2) is 0 Å². The van der Waals surface area contributed by atoms with Crippen molar-refractivity contribution in [2.24, 2.45) is 0 Å². The maximum absolute atomic E-state index is 12.6. The zero-order valence-electron chi connectivity index (χ0n) is 9.78. The molecule has 0 aliphatic rings. The van der Waals surface area contributed by atoms with Gasteiger partial charge in [0.1, 0.15) is 0 Å². The highest BCUT2D eigenvalue weighted by molar-refractivity contribution is 6.33. The van der Waals surface area contributed by atoms with Gasteiger partial charge in [-0.1, -0.05) is 11.6 Å². The van der Waals surface area contributed by atoms with Gasteiger partial charge in [0.2, 0.25) is 0 Å². The maximum atomic E-state index is 12.6. The van der Waals surface area contributed by atoms with Crippen LogP contribution in [-0.4, -0.2) is 16.1 Å². The second kappa shape index (κ2) is 5.46. The molecule has 20 heavy (non-hydrogen) atoms. The number of hydrogen-bond donors (Lipinski definition) is 1. The molecule has 1 heterocycles. The first-order chi connectivity index (χ1) is 9.38. The molecule has 0 bridgehead atoms. The highest BCUT2D eigenvalue weighted by Gasteiger charge is 2.31.